The van der Waals surface area contributed by atoms with Crippen LogP contribution in [0.15, 0.2) is 41.0 Å². The topological polar surface area (TPSA) is 97.2 Å². The maximum absolute atomic E-state index is 12.0. The van der Waals surface area contributed by atoms with Crippen LogP contribution in [0, 0.1) is 10.1 Å². The molecule has 0 unspecified atom stereocenters. The number of nitrogens with one attached hydrogen (secondary N) is 2. The summed E-state index contributed by atoms with van der Waals surface area (Å²) in [7, 11) is 1.73. The van der Waals surface area contributed by atoms with Crippen molar-refractivity contribution >= 4 is 39.0 Å². The van der Waals surface area contributed by atoms with Gasteiger partial charge in [-0.1, -0.05) is 0 Å². The van der Waals surface area contributed by atoms with Gasteiger partial charge in [-0.15, -0.1) is 0 Å². The summed E-state index contributed by atoms with van der Waals surface area (Å²) in [4.78, 5) is 26.4. The first-order chi connectivity index (χ1) is 10.0. The highest BCUT2D eigenvalue weighted by Gasteiger charge is 2.14. The molecule has 1 heterocycles. The van der Waals surface area contributed by atoms with Gasteiger partial charge in [-0.05, 0) is 40.2 Å². The van der Waals surface area contributed by atoms with Gasteiger partial charge in [-0.3, -0.25) is 14.9 Å². The van der Waals surface area contributed by atoms with E-state index in [0.717, 1.165) is 0 Å². The van der Waals surface area contributed by atoms with E-state index in [4.69, 9.17) is 0 Å². The van der Waals surface area contributed by atoms with Gasteiger partial charge in [0.05, 0.1) is 15.0 Å². The molecule has 0 bridgehead atoms. The molecule has 0 saturated heterocycles. The lowest BCUT2D eigenvalue weighted by molar-refractivity contribution is -0.385. The van der Waals surface area contributed by atoms with Gasteiger partial charge >= 0.3 is 0 Å². The summed E-state index contributed by atoms with van der Waals surface area (Å²) in [6.07, 6.45) is 1.43. The fourth-order valence-electron chi connectivity index (χ4n) is 1.61. The maximum atomic E-state index is 12.0. The summed E-state index contributed by atoms with van der Waals surface area (Å²) in [6.45, 7) is 0. The monoisotopic (exact) mass is 350 g/mol. The molecule has 8 heteroatoms. The molecule has 0 aliphatic rings. The van der Waals surface area contributed by atoms with Gasteiger partial charge < -0.3 is 10.6 Å². The number of aromatic nitrogens is 1. The number of anilines is 2. The summed E-state index contributed by atoms with van der Waals surface area (Å²) < 4.78 is 0.352. The van der Waals surface area contributed by atoms with Crippen LogP contribution < -0.4 is 10.6 Å². The van der Waals surface area contributed by atoms with Crippen molar-refractivity contribution in [1.29, 1.82) is 0 Å². The van der Waals surface area contributed by atoms with Gasteiger partial charge in [-0.25, -0.2) is 4.98 Å². The molecule has 1 aromatic heterocycles. The van der Waals surface area contributed by atoms with E-state index >= 15 is 0 Å². The molecule has 2 N–H and O–H groups in total. The van der Waals surface area contributed by atoms with E-state index in [0.29, 0.717) is 21.5 Å². The molecule has 0 saturated carbocycles. The molecular formula is C13H11BrN4O3. The number of hydrogen-bond donors (Lipinski definition) is 2. The molecule has 2 aromatic rings. The molecule has 7 nitrogen and oxygen atoms in total. The van der Waals surface area contributed by atoms with Crippen LogP contribution in [-0.4, -0.2) is 22.9 Å². The average molecular weight is 351 g/mol. The molecule has 21 heavy (non-hydrogen) atoms. The molecule has 0 atom stereocenters. The Morgan fingerprint density at radius 3 is 2.67 bits per heavy atom. The second kappa shape index (κ2) is 6.31. The maximum Gasteiger partial charge on any atom is 0.285 e. The highest BCUT2D eigenvalue weighted by Crippen LogP contribution is 2.28. The van der Waals surface area contributed by atoms with E-state index < -0.39 is 4.92 Å². The van der Waals surface area contributed by atoms with Crippen LogP contribution in [-0.2, 0) is 0 Å². The van der Waals surface area contributed by atoms with Crippen molar-refractivity contribution in [3.63, 3.8) is 0 Å². The second-order valence-electron chi connectivity index (χ2n) is 4.06. The number of benzene rings is 1. The first-order valence-corrected chi connectivity index (χ1v) is 6.69. The molecule has 0 aliphatic heterocycles. The second-order valence-corrected chi connectivity index (χ2v) is 4.91. The molecule has 0 aliphatic carbocycles. The number of pyridine rings is 1. The van der Waals surface area contributed by atoms with Gasteiger partial charge in [0.2, 0.25) is 0 Å². The van der Waals surface area contributed by atoms with E-state index in [1.54, 1.807) is 25.2 Å². The molecule has 0 spiro atoms. The largest absolute Gasteiger partial charge is 0.373 e. The SMILES string of the molecule is CNc1ccc(C(=O)Nc2ccc(Br)c([N+](=O)[O-])c2)cn1. The Bertz CT molecular complexity index is 688. The van der Waals surface area contributed by atoms with E-state index in [-0.39, 0.29) is 11.6 Å². The van der Waals surface area contributed by atoms with Crippen LogP contribution in [0.25, 0.3) is 0 Å². The quantitative estimate of drug-likeness (QED) is 0.652. The lowest BCUT2D eigenvalue weighted by atomic mass is 10.2. The summed E-state index contributed by atoms with van der Waals surface area (Å²) >= 11 is 3.09. The van der Waals surface area contributed by atoms with Crippen molar-refractivity contribution in [2.24, 2.45) is 0 Å². The number of rotatable bonds is 4. The van der Waals surface area contributed by atoms with Crippen LogP contribution in [0.2, 0.25) is 0 Å². The minimum absolute atomic E-state index is 0.114. The Kier molecular flexibility index (Phi) is 4.49. The minimum Gasteiger partial charge on any atom is -0.373 e. The molecule has 2 rings (SSSR count). The van der Waals surface area contributed by atoms with Crippen molar-refractivity contribution in [1.82, 2.24) is 4.98 Å². The zero-order valence-corrected chi connectivity index (χ0v) is 12.5. The normalized spacial score (nSPS) is 10.0. The molecular weight excluding hydrogens is 340 g/mol. The van der Waals surface area contributed by atoms with Gasteiger partial charge in [0.1, 0.15) is 5.82 Å². The number of nitro benzene ring substituents is 1. The average Bonchev–Trinajstić information content (AvgIpc) is 2.49. The third-order valence-corrected chi connectivity index (χ3v) is 3.35. The van der Waals surface area contributed by atoms with Crippen molar-refractivity contribution in [2.75, 3.05) is 17.7 Å². The summed E-state index contributed by atoms with van der Waals surface area (Å²) in [5.41, 5.74) is 0.587. The first kappa shape index (κ1) is 14.9. The number of carbonyl (C=O) groups excluding carboxylic acids is 1. The number of nitrogens with zero attached hydrogens (tertiary/aromatic N) is 2. The zero-order chi connectivity index (χ0) is 15.4. The number of carbonyl (C=O) groups is 1. The van der Waals surface area contributed by atoms with Crippen molar-refractivity contribution in [3.8, 4) is 0 Å². The van der Waals surface area contributed by atoms with Crippen LogP contribution in [0.4, 0.5) is 17.2 Å². The van der Waals surface area contributed by atoms with E-state index in [1.165, 1.54) is 18.3 Å². The predicted octanol–water partition coefficient (Wildman–Crippen LogP) is 3.05. The Labute approximate surface area is 128 Å². The Balaban J connectivity index is 2.19. The third-order valence-electron chi connectivity index (χ3n) is 2.68. The molecule has 1 amide bonds. The molecule has 0 fully saturated rings. The number of halogens is 1. The number of nitro groups is 1. The van der Waals surface area contributed by atoms with E-state index in [9.17, 15) is 14.9 Å². The van der Waals surface area contributed by atoms with Gasteiger partial charge in [0.15, 0.2) is 0 Å². The summed E-state index contributed by atoms with van der Waals surface area (Å²) in [5, 5.41) is 16.3. The first-order valence-electron chi connectivity index (χ1n) is 5.90. The van der Waals surface area contributed by atoms with Gasteiger partial charge in [-0.2, -0.15) is 0 Å². The van der Waals surface area contributed by atoms with Crippen molar-refractivity contribution < 1.29 is 9.72 Å². The fourth-order valence-corrected chi connectivity index (χ4v) is 2.00. The van der Waals surface area contributed by atoms with Crippen LogP contribution in [0.5, 0.6) is 0 Å². The van der Waals surface area contributed by atoms with Gasteiger partial charge in [0.25, 0.3) is 11.6 Å². The fraction of sp³-hybridized carbons (Fsp3) is 0.0769. The van der Waals surface area contributed by atoms with Crippen molar-refractivity contribution in [3.05, 3.63) is 56.7 Å². The standard InChI is InChI=1S/C13H11BrN4O3/c1-15-12-5-2-8(7-16-12)13(19)17-9-3-4-10(14)11(6-9)18(20)21/h2-7H,1H3,(H,15,16)(H,17,19). The van der Waals surface area contributed by atoms with E-state index in [2.05, 4.69) is 31.5 Å². The van der Waals surface area contributed by atoms with Crippen LogP contribution in [0.1, 0.15) is 10.4 Å². The molecule has 0 radical (unpaired) electrons. The van der Waals surface area contributed by atoms with Crippen LogP contribution >= 0.6 is 15.9 Å². The number of hydrogen-bond acceptors (Lipinski definition) is 5. The Morgan fingerprint density at radius 1 is 1.33 bits per heavy atom. The lowest BCUT2D eigenvalue weighted by Crippen LogP contribution is -2.12. The number of amides is 1. The third kappa shape index (κ3) is 3.54. The molecule has 1 aromatic carbocycles. The summed E-state index contributed by atoms with van der Waals surface area (Å²) in [5.74, 6) is 0.257. The predicted molar refractivity (Wildman–Crippen MR) is 82.5 cm³/mol. The van der Waals surface area contributed by atoms with Gasteiger partial charge in [0, 0.05) is 25.0 Å². The highest BCUT2D eigenvalue weighted by atomic mass is 79.9. The summed E-state index contributed by atoms with van der Waals surface area (Å²) in [6, 6.07) is 7.65. The highest BCUT2D eigenvalue weighted by molar-refractivity contribution is 9.10. The van der Waals surface area contributed by atoms with Crippen LogP contribution in [0.3, 0.4) is 0 Å². The zero-order valence-electron chi connectivity index (χ0n) is 11.0. The lowest BCUT2D eigenvalue weighted by Gasteiger charge is -2.06. The Morgan fingerprint density at radius 2 is 2.10 bits per heavy atom. The van der Waals surface area contributed by atoms with E-state index in [1.807, 2.05) is 0 Å². The van der Waals surface area contributed by atoms with Crippen molar-refractivity contribution in [2.45, 2.75) is 0 Å². The molecule has 108 valence electrons. The minimum atomic E-state index is -0.525. The smallest absolute Gasteiger partial charge is 0.285 e. The Hall–Kier alpha value is -2.48.